The Morgan fingerprint density at radius 2 is 1.79 bits per heavy atom. The average molecular weight is 411 g/mol. The molecule has 0 bridgehead atoms. The number of nitrogens with zero attached hydrogens (tertiary/aromatic N) is 4. The molecule has 0 spiro atoms. The maximum absolute atomic E-state index is 13.1. The van der Waals surface area contributed by atoms with Crippen LogP contribution >= 0.6 is 0 Å². The number of likely N-dealkylation sites (N-methyl/N-ethyl adjacent to an activating group) is 1. The third-order valence-electron chi connectivity index (χ3n) is 5.89. The van der Waals surface area contributed by atoms with E-state index in [0.717, 1.165) is 38.8 Å². The Balaban J connectivity index is 1.96. The van der Waals surface area contributed by atoms with Crippen LogP contribution in [-0.4, -0.2) is 109 Å². The quantitative estimate of drug-likeness (QED) is 0.627. The van der Waals surface area contributed by atoms with Crippen molar-refractivity contribution in [3.05, 3.63) is 0 Å². The summed E-state index contributed by atoms with van der Waals surface area (Å²) >= 11 is 0. The first kappa shape index (κ1) is 23.6. The van der Waals surface area contributed by atoms with Crippen LogP contribution in [0.2, 0.25) is 0 Å². The first-order valence-electron chi connectivity index (χ1n) is 11.0. The Labute approximate surface area is 175 Å². The van der Waals surface area contributed by atoms with Gasteiger partial charge < -0.3 is 24.3 Å². The Hall–Kier alpha value is -1.67. The van der Waals surface area contributed by atoms with Gasteiger partial charge in [0.2, 0.25) is 17.7 Å². The fourth-order valence-electron chi connectivity index (χ4n) is 4.06. The van der Waals surface area contributed by atoms with E-state index in [9.17, 15) is 14.4 Å². The van der Waals surface area contributed by atoms with Gasteiger partial charge in [-0.1, -0.05) is 0 Å². The van der Waals surface area contributed by atoms with Gasteiger partial charge in [0.1, 0.15) is 6.04 Å². The maximum Gasteiger partial charge on any atom is 0.245 e. The van der Waals surface area contributed by atoms with Gasteiger partial charge in [-0.2, -0.15) is 0 Å². The smallest absolute Gasteiger partial charge is 0.245 e. The van der Waals surface area contributed by atoms with Crippen LogP contribution in [0.15, 0.2) is 0 Å². The highest BCUT2D eigenvalue weighted by Gasteiger charge is 2.35. The molecule has 0 aromatic heterocycles. The van der Waals surface area contributed by atoms with Gasteiger partial charge in [-0.3, -0.25) is 14.4 Å². The van der Waals surface area contributed by atoms with Crippen molar-refractivity contribution in [2.45, 2.75) is 52.0 Å². The van der Waals surface area contributed by atoms with Crippen LogP contribution in [0.5, 0.6) is 0 Å². The van der Waals surface area contributed by atoms with Gasteiger partial charge in [-0.05, 0) is 39.7 Å². The Morgan fingerprint density at radius 1 is 1.03 bits per heavy atom. The first-order chi connectivity index (χ1) is 13.9. The first-order valence-corrected chi connectivity index (χ1v) is 11.0. The predicted molar refractivity (Wildman–Crippen MR) is 111 cm³/mol. The van der Waals surface area contributed by atoms with E-state index in [1.54, 1.807) is 11.8 Å². The van der Waals surface area contributed by atoms with Gasteiger partial charge in [-0.15, -0.1) is 0 Å². The number of carbonyl (C=O) groups is 3. The summed E-state index contributed by atoms with van der Waals surface area (Å²) in [6.07, 6.45) is 3.70. The molecular formula is C21H38N4O4. The van der Waals surface area contributed by atoms with E-state index in [1.165, 1.54) is 0 Å². The molecule has 2 fully saturated rings. The average Bonchev–Trinajstić information content (AvgIpc) is 3.18. The van der Waals surface area contributed by atoms with Crippen molar-refractivity contribution in [2.75, 3.05) is 66.1 Å². The van der Waals surface area contributed by atoms with Crippen molar-refractivity contribution in [1.29, 1.82) is 0 Å². The summed E-state index contributed by atoms with van der Waals surface area (Å²) in [4.78, 5) is 45.3. The van der Waals surface area contributed by atoms with Crippen molar-refractivity contribution in [2.24, 2.45) is 0 Å². The standard InChI is InChI=1S/C21H38N4O4/c1-4-29-17-16-23-14-12-22(3)13-15-24(10-6-5-9-20(23)27)21(28)19-8-7-11-25(19)18(2)26/h19H,4-17H2,1-3H3/t19-/m1/s1. The van der Waals surface area contributed by atoms with Crippen molar-refractivity contribution >= 4 is 17.7 Å². The lowest BCUT2D eigenvalue weighted by Crippen LogP contribution is -2.49. The van der Waals surface area contributed by atoms with E-state index in [2.05, 4.69) is 4.90 Å². The summed E-state index contributed by atoms with van der Waals surface area (Å²) in [6, 6.07) is -0.318. The van der Waals surface area contributed by atoms with Crippen LogP contribution in [0.25, 0.3) is 0 Å². The van der Waals surface area contributed by atoms with Crippen molar-refractivity contribution in [3.63, 3.8) is 0 Å². The molecule has 2 heterocycles. The molecule has 1 atom stereocenters. The minimum atomic E-state index is -0.318. The number of rotatable bonds is 5. The molecule has 0 aromatic carbocycles. The largest absolute Gasteiger partial charge is 0.380 e. The fourth-order valence-corrected chi connectivity index (χ4v) is 4.06. The lowest BCUT2D eigenvalue weighted by Gasteiger charge is -2.32. The fraction of sp³-hybridized carbons (Fsp3) is 0.857. The lowest BCUT2D eigenvalue weighted by atomic mass is 10.1. The summed E-state index contributed by atoms with van der Waals surface area (Å²) < 4.78 is 5.42. The minimum Gasteiger partial charge on any atom is -0.380 e. The predicted octanol–water partition coefficient (Wildman–Crippen LogP) is 0.807. The van der Waals surface area contributed by atoms with Crippen molar-refractivity contribution in [1.82, 2.24) is 19.6 Å². The summed E-state index contributed by atoms with van der Waals surface area (Å²) in [5.41, 5.74) is 0. The van der Waals surface area contributed by atoms with Crippen LogP contribution in [0.4, 0.5) is 0 Å². The second-order valence-corrected chi connectivity index (χ2v) is 8.03. The monoisotopic (exact) mass is 410 g/mol. The molecule has 0 N–H and O–H groups in total. The summed E-state index contributed by atoms with van der Waals surface area (Å²) in [7, 11) is 2.02. The van der Waals surface area contributed by atoms with E-state index in [0.29, 0.717) is 52.4 Å². The zero-order valence-corrected chi connectivity index (χ0v) is 18.4. The Morgan fingerprint density at radius 3 is 2.52 bits per heavy atom. The van der Waals surface area contributed by atoms with E-state index in [-0.39, 0.29) is 23.8 Å². The number of hydrogen-bond acceptors (Lipinski definition) is 5. The van der Waals surface area contributed by atoms with Crippen LogP contribution in [0.1, 0.15) is 46.0 Å². The number of hydrogen-bond donors (Lipinski definition) is 0. The molecule has 29 heavy (non-hydrogen) atoms. The topological polar surface area (TPSA) is 73.4 Å². The van der Waals surface area contributed by atoms with E-state index < -0.39 is 0 Å². The summed E-state index contributed by atoms with van der Waals surface area (Å²) in [5.74, 6) is 0.202. The number of likely N-dealkylation sites (tertiary alicyclic amines) is 1. The highest BCUT2D eigenvalue weighted by atomic mass is 16.5. The van der Waals surface area contributed by atoms with E-state index >= 15 is 0 Å². The van der Waals surface area contributed by atoms with E-state index in [1.807, 2.05) is 23.8 Å². The highest BCUT2D eigenvalue weighted by Crippen LogP contribution is 2.20. The SMILES string of the molecule is CCOCCN1CCN(C)CCN(C(=O)[C@H]2CCCN2C(C)=O)CCCCC1=O. The zero-order chi connectivity index (χ0) is 21.2. The van der Waals surface area contributed by atoms with Gasteiger partial charge in [0.05, 0.1) is 6.61 Å². The maximum atomic E-state index is 13.1. The summed E-state index contributed by atoms with van der Waals surface area (Å²) in [5, 5.41) is 0. The number of carbonyl (C=O) groups excluding carboxylic acids is 3. The van der Waals surface area contributed by atoms with Gasteiger partial charge in [0.15, 0.2) is 0 Å². The molecule has 0 radical (unpaired) electrons. The second kappa shape index (κ2) is 12.1. The molecule has 0 unspecified atom stereocenters. The number of amides is 3. The molecule has 3 amide bonds. The molecule has 0 saturated carbocycles. The molecule has 8 nitrogen and oxygen atoms in total. The van der Waals surface area contributed by atoms with Gasteiger partial charge >= 0.3 is 0 Å². The molecule has 166 valence electrons. The number of ether oxygens (including phenoxy) is 1. The summed E-state index contributed by atoms with van der Waals surface area (Å²) in [6.45, 7) is 9.53. The lowest BCUT2D eigenvalue weighted by molar-refractivity contribution is -0.143. The van der Waals surface area contributed by atoms with Crippen LogP contribution in [-0.2, 0) is 19.1 Å². The van der Waals surface area contributed by atoms with Gasteiger partial charge in [-0.25, -0.2) is 0 Å². The van der Waals surface area contributed by atoms with Crippen molar-refractivity contribution in [3.8, 4) is 0 Å². The van der Waals surface area contributed by atoms with Crippen LogP contribution in [0, 0.1) is 0 Å². The molecule has 2 aliphatic heterocycles. The third-order valence-corrected chi connectivity index (χ3v) is 5.89. The molecular weight excluding hydrogens is 372 g/mol. The molecule has 0 aromatic rings. The molecule has 2 saturated heterocycles. The second-order valence-electron chi connectivity index (χ2n) is 8.03. The Kier molecular flexibility index (Phi) is 9.87. The van der Waals surface area contributed by atoms with Crippen molar-refractivity contribution < 1.29 is 19.1 Å². The molecule has 2 aliphatic rings. The zero-order valence-electron chi connectivity index (χ0n) is 18.4. The normalized spacial score (nSPS) is 23.1. The highest BCUT2D eigenvalue weighted by molar-refractivity contribution is 5.87. The van der Waals surface area contributed by atoms with Crippen LogP contribution in [0.3, 0.4) is 0 Å². The minimum absolute atomic E-state index is 0.0231. The van der Waals surface area contributed by atoms with Gasteiger partial charge in [0, 0.05) is 65.8 Å². The molecule has 8 heteroatoms. The van der Waals surface area contributed by atoms with Crippen LogP contribution < -0.4 is 0 Å². The third kappa shape index (κ3) is 7.26. The Bertz CT molecular complexity index is 557. The van der Waals surface area contributed by atoms with Gasteiger partial charge in [0.25, 0.3) is 0 Å². The molecule has 2 rings (SSSR count). The molecule has 0 aliphatic carbocycles. The van der Waals surface area contributed by atoms with E-state index in [4.69, 9.17) is 4.74 Å².